The number of aliphatic hydroxyl groups excluding tert-OH is 1. The number of carbonyl (C=O) groups is 4. The number of aromatic hydroxyl groups is 1. The number of aromatic amines is 1. The minimum Gasteiger partial charge on any atom is -0.508 e. The van der Waals surface area contributed by atoms with Crippen LogP contribution in [0.3, 0.4) is 0 Å². The molecule has 0 bridgehead atoms. The molecule has 230 valence electrons. The Bertz CT molecular complexity index is 1590. The van der Waals surface area contributed by atoms with Gasteiger partial charge in [0.25, 0.3) is 0 Å². The van der Waals surface area contributed by atoms with Gasteiger partial charge in [0, 0.05) is 29.9 Å². The zero-order valence-corrected chi connectivity index (χ0v) is 23.8. The summed E-state index contributed by atoms with van der Waals surface area (Å²) in [5.41, 5.74) is 9.07. The largest absolute Gasteiger partial charge is 0.508 e. The maximum absolute atomic E-state index is 13.4. The first-order valence-electron chi connectivity index (χ1n) is 14.0. The summed E-state index contributed by atoms with van der Waals surface area (Å²) in [5.74, 6) is -3.60. The van der Waals surface area contributed by atoms with Gasteiger partial charge in [-0.2, -0.15) is 0 Å². The Morgan fingerprint density at radius 3 is 1.95 bits per heavy atom. The predicted octanol–water partition coefficient (Wildman–Crippen LogP) is 0.760. The second kappa shape index (κ2) is 14.8. The van der Waals surface area contributed by atoms with Gasteiger partial charge in [0.1, 0.15) is 23.9 Å². The summed E-state index contributed by atoms with van der Waals surface area (Å²) in [5, 5.41) is 37.7. The maximum atomic E-state index is 13.4. The van der Waals surface area contributed by atoms with Crippen LogP contribution in [0.15, 0.2) is 85.1 Å². The number of amides is 3. The monoisotopic (exact) mass is 601 g/mol. The lowest BCUT2D eigenvalue weighted by atomic mass is 10.0. The van der Waals surface area contributed by atoms with E-state index in [0.717, 1.165) is 16.5 Å². The van der Waals surface area contributed by atoms with E-state index in [0.29, 0.717) is 11.1 Å². The second-order valence-electron chi connectivity index (χ2n) is 10.4. The van der Waals surface area contributed by atoms with E-state index >= 15 is 0 Å². The summed E-state index contributed by atoms with van der Waals surface area (Å²) in [4.78, 5) is 54.6. The van der Waals surface area contributed by atoms with Crippen molar-refractivity contribution < 1.29 is 34.5 Å². The van der Waals surface area contributed by atoms with Crippen molar-refractivity contribution in [2.75, 3.05) is 6.61 Å². The Morgan fingerprint density at radius 1 is 0.705 bits per heavy atom. The number of rotatable bonds is 14. The molecule has 4 atom stereocenters. The third-order valence-corrected chi connectivity index (χ3v) is 7.17. The van der Waals surface area contributed by atoms with Gasteiger partial charge in [-0.25, -0.2) is 4.79 Å². The first-order chi connectivity index (χ1) is 21.1. The quantitative estimate of drug-likeness (QED) is 0.103. The van der Waals surface area contributed by atoms with E-state index in [1.165, 1.54) is 12.1 Å². The van der Waals surface area contributed by atoms with E-state index in [4.69, 9.17) is 5.73 Å². The fraction of sp³-hybridized carbons (Fsp3) is 0.250. The third-order valence-electron chi connectivity index (χ3n) is 7.17. The van der Waals surface area contributed by atoms with Gasteiger partial charge in [0.05, 0.1) is 12.6 Å². The van der Waals surface area contributed by atoms with E-state index in [1.54, 1.807) is 48.7 Å². The molecule has 1 heterocycles. The SMILES string of the molecule is NC(Cc1c[nH]c2ccccc12)C(=O)NC(CO)C(=O)NC(Cc1ccc(O)cc1)C(=O)NC(Cc1ccccc1)C(=O)O. The highest BCUT2D eigenvalue weighted by Crippen LogP contribution is 2.19. The van der Waals surface area contributed by atoms with E-state index < -0.39 is 54.5 Å². The molecule has 0 saturated carbocycles. The number of phenols is 1. The molecule has 0 saturated heterocycles. The topological polar surface area (TPSA) is 207 Å². The molecular formula is C32H35N5O7. The Morgan fingerprint density at radius 2 is 1.27 bits per heavy atom. The highest BCUT2D eigenvalue weighted by atomic mass is 16.4. The summed E-state index contributed by atoms with van der Waals surface area (Å²) in [6.45, 7) is -0.781. The molecule has 44 heavy (non-hydrogen) atoms. The van der Waals surface area contributed by atoms with Gasteiger partial charge in [-0.15, -0.1) is 0 Å². The summed E-state index contributed by atoms with van der Waals surface area (Å²) >= 11 is 0. The van der Waals surface area contributed by atoms with Crippen molar-refractivity contribution in [3.05, 3.63) is 102 Å². The number of carboxylic acids is 1. The highest BCUT2D eigenvalue weighted by Gasteiger charge is 2.30. The number of aliphatic hydroxyl groups is 1. The highest BCUT2D eigenvalue weighted by molar-refractivity contribution is 5.94. The number of carbonyl (C=O) groups excluding carboxylic acids is 3. The predicted molar refractivity (Wildman–Crippen MR) is 162 cm³/mol. The van der Waals surface area contributed by atoms with Gasteiger partial charge < -0.3 is 42.0 Å². The van der Waals surface area contributed by atoms with Crippen molar-refractivity contribution in [1.29, 1.82) is 0 Å². The van der Waals surface area contributed by atoms with E-state index in [2.05, 4.69) is 20.9 Å². The van der Waals surface area contributed by atoms with Crippen LogP contribution in [0.4, 0.5) is 0 Å². The first kappa shape index (κ1) is 31.7. The molecule has 0 spiro atoms. The average Bonchev–Trinajstić information content (AvgIpc) is 3.42. The number of aliphatic carboxylic acids is 1. The number of hydrogen-bond donors (Lipinski definition) is 8. The number of para-hydroxylation sites is 1. The molecular weight excluding hydrogens is 566 g/mol. The molecule has 0 aliphatic heterocycles. The smallest absolute Gasteiger partial charge is 0.326 e. The van der Waals surface area contributed by atoms with Crippen LogP contribution in [0.5, 0.6) is 5.75 Å². The average molecular weight is 602 g/mol. The standard InChI is InChI=1S/C32H35N5O7/c33-24(16-21-17-34-25-9-5-4-8-23(21)25)29(40)37-28(18-38)31(42)35-26(14-20-10-12-22(39)13-11-20)30(41)36-27(32(43)44)15-19-6-2-1-3-7-19/h1-13,17,24,26-28,34,38-39H,14-16,18,33H2,(H,35,42)(H,36,41)(H,37,40)(H,43,44). The van der Waals surface area contributed by atoms with Gasteiger partial charge in [-0.1, -0.05) is 60.7 Å². The zero-order valence-electron chi connectivity index (χ0n) is 23.8. The van der Waals surface area contributed by atoms with Crippen LogP contribution >= 0.6 is 0 Å². The number of carboxylic acid groups (broad SMARTS) is 1. The van der Waals surface area contributed by atoms with Crippen molar-refractivity contribution in [1.82, 2.24) is 20.9 Å². The number of hydrogen-bond acceptors (Lipinski definition) is 7. The zero-order chi connectivity index (χ0) is 31.6. The van der Waals surface area contributed by atoms with Gasteiger partial charge in [-0.3, -0.25) is 14.4 Å². The van der Waals surface area contributed by atoms with Crippen molar-refractivity contribution >= 4 is 34.6 Å². The van der Waals surface area contributed by atoms with Crippen LogP contribution in [-0.2, 0) is 38.4 Å². The molecule has 0 aliphatic carbocycles. The number of benzene rings is 3. The summed E-state index contributed by atoms with van der Waals surface area (Å²) < 4.78 is 0. The van der Waals surface area contributed by atoms with Crippen molar-refractivity contribution in [3.63, 3.8) is 0 Å². The Balaban J connectivity index is 1.45. The number of nitrogens with two attached hydrogens (primary N) is 1. The molecule has 0 aliphatic rings. The number of fused-ring (bicyclic) bond motifs is 1. The second-order valence-corrected chi connectivity index (χ2v) is 10.4. The van der Waals surface area contributed by atoms with Crippen molar-refractivity contribution in [3.8, 4) is 5.75 Å². The molecule has 4 unspecified atom stereocenters. The molecule has 12 nitrogen and oxygen atoms in total. The first-order valence-corrected chi connectivity index (χ1v) is 14.0. The molecule has 9 N–H and O–H groups in total. The number of aromatic nitrogens is 1. The van der Waals surface area contributed by atoms with Crippen molar-refractivity contribution in [2.24, 2.45) is 5.73 Å². The Hall–Kier alpha value is -5.20. The lowest BCUT2D eigenvalue weighted by molar-refractivity contribution is -0.142. The van der Waals surface area contributed by atoms with Gasteiger partial charge >= 0.3 is 5.97 Å². The van der Waals surface area contributed by atoms with Crippen LogP contribution in [-0.4, -0.2) is 74.8 Å². The van der Waals surface area contributed by atoms with Crippen LogP contribution in [0.1, 0.15) is 16.7 Å². The Kier molecular flexibility index (Phi) is 10.7. The fourth-order valence-corrected chi connectivity index (χ4v) is 4.77. The van der Waals surface area contributed by atoms with E-state index in [1.807, 2.05) is 24.3 Å². The minimum atomic E-state index is -1.44. The van der Waals surface area contributed by atoms with Crippen LogP contribution < -0.4 is 21.7 Å². The van der Waals surface area contributed by atoms with Gasteiger partial charge in [-0.05, 0) is 41.3 Å². The van der Waals surface area contributed by atoms with Crippen LogP contribution in [0.25, 0.3) is 10.9 Å². The lowest BCUT2D eigenvalue weighted by Gasteiger charge is -2.24. The molecule has 3 amide bonds. The molecule has 12 heteroatoms. The molecule has 3 aromatic carbocycles. The van der Waals surface area contributed by atoms with E-state index in [9.17, 15) is 34.5 Å². The van der Waals surface area contributed by atoms with Gasteiger partial charge in [0.15, 0.2) is 0 Å². The summed E-state index contributed by atoms with van der Waals surface area (Å²) in [7, 11) is 0. The lowest BCUT2D eigenvalue weighted by Crippen LogP contribution is -2.58. The van der Waals surface area contributed by atoms with E-state index in [-0.39, 0.29) is 25.0 Å². The molecule has 4 aromatic rings. The van der Waals surface area contributed by atoms with Crippen LogP contribution in [0.2, 0.25) is 0 Å². The van der Waals surface area contributed by atoms with Crippen LogP contribution in [0, 0.1) is 0 Å². The molecule has 0 fully saturated rings. The normalized spacial score (nSPS) is 13.8. The minimum absolute atomic E-state index is 0.000350. The molecule has 0 radical (unpaired) electrons. The summed E-state index contributed by atoms with van der Waals surface area (Å²) in [6.07, 6.45) is 1.86. The Labute approximate surface area is 253 Å². The maximum Gasteiger partial charge on any atom is 0.326 e. The molecule has 1 aromatic heterocycles. The number of phenolic OH excluding ortho intramolecular Hbond substituents is 1. The number of nitrogens with one attached hydrogen (secondary N) is 4. The van der Waals surface area contributed by atoms with Crippen molar-refractivity contribution in [2.45, 2.75) is 43.4 Å². The summed E-state index contributed by atoms with van der Waals surface area (Å²) in [6, 6.07) is 17.1. The number of H-pyrrole nitrogens is 1. The third kappa shape index (κ3) is 8.43. The van der Waals surface area contributed by atoms with Gasteiger partial charge in [0.2, 0.25) is 17.7 Å². The fourth-order valence-electron chi connectivity index (χ4n) is 4.77. The molecule has 4 rings (SSSR count).